The largest absolute Gasteiger partial charge is 0.479 e. The fourth-order valence-electron chi connectivity index (χ4n) is 4.52. The number of carboxylic acids is 1. The molecule has 2 aliphatic rings. The van der Waals surface area contributed by atoms with Gasteiger partial charge in [0.2, 0.25) is 5.91 Å². The average Bonchev–Trinajstić information content (AvgIpc) is 2.99. The maximum atomic E-state index is 12.3. The molecular formula is C22H40N2O24S3. The minimum Gasteiger partial charge on any atom is -0.479 e. The smallest absolute Gasteiger partial charge is 0.397 e. The fourth-order valence-corrected chi connectivity index (χ4v) is 5.83. The van der Waals surface area contributed by atoms with Crippen LogP contribution in [0.3, 0.4) is 0 Å². The molecule has 2 saturated heterocycles. The highest BCUT2D eigenvalue weighted by Gasteiger charge is 2.56. The second kappa shape index (κ2) is 20.6. The zero-order valence-corrected chi connectivity index (χ0v) is 28.9. The Balaban J connectivity index is 2.31. The fraction of sp³-hybridized carbons (Fsp3) is 0.909. The van der Waals surface area contributed by atoms with Crippen LogP contribution in [0.15, 0.2) is 0 Å². The third-order valence-corrected chi connectivity index (χ3v) is 7.83. The number of nitrogens with one attached hydrogen (secondary N) is 1. The third-order valence-electron chi connectivity index (χ3n) is 6.46. The third kappa shape index (κ3) is 16.4. The molecule has 51 heavy (non-hydrogen) atoms. The van der Waals surface area contributed by atoms with Crippen LogP contribution in [0.1, 0.15) is 6.92 Å². The summed E-state index contributed by atoms with van der Waals surface area (Å²) in [4.78, 5) is 24.3. The molecule has 0 aliphatic carbocycles. The Labute approximate surface area is 291 Å². The Morgan fingerprint density at radius 2 is 1.25 bits per heavy atom. The number of carboxylic acid groups (broad SMARTS) is 1. The second-order valence-electron chi connectivity index (χ2n) is 10.3. The number of ether oxygens (including phenoxy) is 7. The summed E-state index contributed by atoms with van der Waals surface area (Å²) in [5.41, 5.74) is 5.29. The van der Waals surface area contributed by atoms with Gasteiger partial charge in [-0.1, -0.05) is 0 Å². The molecule has 0 unspecified atom stereocenters. The summed E-state index contributed by atoms with van der Waals surface area (Å²) in [6.45, 7) is 0.260. The van der Waals surface area contributed by atoms with Gasteiger partial charge in [0.15, 0.2) is 24.8 Å². The molecule has 29 heteroatoms. The number of aliphatic hydroxyl groups excluding tert-OH is 2. The van der Waals surface area contributed by atoms with Crippen molar-refractivity contribution in [2.24, 2.45) is 5.73 Å². The molecule has 2 rings (SSSR count). The van der Waals surface area contributed by atoms with Crippen LogP contribution in [0.4, 0.5) is 0 Å². The summed E-state index contributed by atoms with van der Waals surface area (Å²) in [5.74, 6) is -2.92. The van der Waals surface area contributed by atoms with Crippen LogP contribution in [-0.2, 0) is 86.5 Å². The van der Waals surface area contributed by atoms with Crippen molar-refractivity contribution >= 4 is 43.1 Å². The number of amides is 1. The molecule has 0 bridgehead atoms. The molecule has 0 aromatic rings. The van der Waals surface area contributed by atoms with E-state index in [0.717, 1.165) is 6.92 Å². The Kier molecular flexibility index (Phi) is 18.3. The first kappa shape index (κ1) is 45.3. The van der Waals surface area contributed by atoms with E-state index in [1.807, 2.05) is 5.32 Å². The lowest BCUT2D eigenvalue weighted by Gasteiger charge is -2.47. The minimum absolute atomic E-state index is 0.0388. The van der Waals surface area contributed by atoms with Crippen molar-refractivity contribution in [3.8, 4) is 0 Å². The highest BCUT2D eigenvalue weighted by atomic mass is 32.3. The quantitative estimate of drug-likeness (QED) is 0.0352. The lowest BCUT2D eigenvalue weighted by Crippen LogP contribution is -2.69. The Hall–Kier alpha value is -1.85. The van der Waals surface area contributed by atoms with E-state index in [9.17, 15) is 59.3 Å². The zero-order valence-electron chi connectivity index (χ0n) is 26.5. The van der Waals surface area contributed by atoms with Gasteiger partial charge in [-0.25, -0.2) is 17.3 Å². The Bertz CT molecular complexity index is 1430. The SMILES string of the molecule is CC(=O)N[C@H]1[C@@H](O[C@H]2[C@H](O)[C@@H](OS(=O)(=O)O)[C@H](OCCOCCOCCOCCN)O[C@@H]2C(=O)O)O[C@H](COS(=O)(=O)O)[C@@H](O)[C@@H]1OS(=O)(=O)O. The molecule has 0 aromatic carbocycles. The first-order chi connectivity index (χ1) is 23.6. The van der Waals surface area contributed by atoms with Crippen LogP contribution in [0.25, 0.3) is 0 Å². The maximum absolute atomic E-state index is 12.3. The van der Waals surface area contributed by atoms with E-state index in [1.165, 1.54) is 0 Å². The predicted octanol–water partition coefficient (Wildman–Crippen LogP) is -5.65. The number of carbonyl (C=O) groups is 2. The van der Waals surface area contributed by atoms with Gasteiger partial charge in [0.25, 0.3) is 0 Å². The number of nitrogens with two attached hydrogens (primary N) is 1. The summed E-state index contributed by atoms with van der Waals surface area (Å²) < 4.78 is 147. The van der Waals surface area contributed by atoms with E-state index in [-0.39, 0.29) is 33.0 Å². The van der Waals surface area contributed by atoms with Crippen molar-refractivity contribution in [3.05, 3.63) is 0 Å². The van der Waals surface area contributed by atoms with Crippen molar-refractivity contribution in [2.45, 2.75) is 68.3 Å². The highest BCUT2D eigenvalue weighted by molar-refractivity contribution is 7.81. The molecule has 2 heterocycles. The lowest BCUT2D eigenvalue weighted by atomic mass is 9.95. The van der Waals surface area contributed by atoms with E-state index in [4.69, 9.17) is 43.4 Å². The Morgan fingerprint density at radius 3 is 1.75 bits per heavy atom. The van der Waals surface area contributed by atoms with E-state index < -0.39 is 118 Å². The molecule has 10 atom stereocenters. The van der Waals surface area contributed by atoms with Gasteiger partial charge >= 0.3 is 37.2 Å². The van der Waals surface area contributed by atoms with E-state index in [1.54, 1.807) is 0 Å². The van der Waals surface area contributed by atoms with Crippen molar-refractivity contribution in [1.29, 1.82) is 0 Å². The van der Waals surface area contributed by atoms with Crippen molar-refractivity contribution in [2.75, 3.05) is 59.4 Å². The van der Waals surface area contributed by atoms with Gasteiger partial charge in [-0.3, -0.25) is 18.5 Å². The number of hydrogen-bond donors (Lipinski definition) is 8. The number of hydrogen-bond acceptors (Lipinski definition) is 21. The molecule has 0 aromatic heterocycles. The maximum Gasteiger partial charge on any atom is 0.397 e. The molecule has 2 fully saturated rings. The van der Waals surface area contributed by atoms with Gasteiger partial charge in [-0.15, -0.1) is 0 Å². The van der Waals surface area contributed by atoms with Crippen molar-refractivity contribution in [3.63, 3.8) is 0 Å². The summed E-state index contributed by atoms with van der Waals surface area (Å²) in [7, 11) is -16.2. The molecule has 1 amide bonds. The van der Waals surface area contributed by atoms with Gasteiger partial charge < -0.3 is 59.5 Å². The van der Waals surface area contributed by atoms with Crippen LogP contribution in [0.2, 0.25) is 0 Å². The molecule has 300 valence electrons. The lowest BCUT2D eigenvalue weighted by molar-refractivity contribution is -0.337. The molecule has 2 aliphatic heterocycles. The summed E-state index contributed by atoms with van der Waals surface area (Å²) >= 11 is 0. The predicted molar refractivity (Wildman–Crippen MR) is 157 cm³/mol. The summed E-state index contributed by atoms with van der Waals surface area (Å²) in [6.07, 6.45) is -20.6. The summed E-state index contributed by atoms with van der Waals surface area (Å²) in [5, 5.41) is 33.8. The minimum atomic E-state index is -5.50. The zero-order chi connectivity index (χ0) is 38.6. The van der Waals surface area contributed by atoms with E-state index in [0.29, 0.717) is 13.2 Å². The number of aliphatic hydroxyl groups is 2. The van der Waals surface area contributed by atoms with Crippen molar-refractivity contribution in [1.82, 2.24) is 5.32 Å². The van der Waals surface area contributed by atoms with Crippen LogP contribution < -0.4 is 11.1 Å². The van der Waals surface area contributed by atoms with Gasteiger partial charge in [-0.05, 0) is 0 Å². The van der Waals surface area contributed by atoms with Gasteiger partial charge in [0.05, 0.1) is 52.9 Å². The topological polar surface area (TPSA) is 388 Å². The van der Waals surface area contributed by atoms with Crippen molar-refractivity contribution < 1.29 is 110 Å². The van der Waals surface area contributed by atoms with Gasteiger partial charge in [0.1, 0.15) is 36.6 Å². The summed E-state index contributed by atoms with van der Waals surface area (Å²) in [6, 6.07) is -2.06. The highest BCUT2D eigenvalue weighted by Crippen LogP contribution is 2.33. The Morgan fingerprint density at radius 1 is 0.725 bits per heavy atom. The standard InChI is InChI=1S/C22H40N2O24S3/c1-11(25)24-13-16(47-50(33,34)35)14(26)12(10-43-49(30,31)32)44-21(13)45-17-15(27)18(48-51(36,37)38)22(46-19(17)20(28)29)42-9-8-41-7-6-40-5-4-39-3-2-23/h12-19,21-22,26-27H,2-10,23H2,1H3,(H,24,25)(H,28,29)(H,30,31,32)(H,33,34,35)(H,36,37,38)/t12-,13-,14-,15+,16-,17+,18-,19+,21-,22-/m1/s1. The van der Waals surface area contributed by atoms with E-state index >= 15 is 0 Å². The molecule has 0 radical (unpaired) electrons. The first-order valence-electron chi connectivity index (χ1n) is 14.4. The van der Waals surface area contributed by atoms with Crippen LogP contribution >= 0.6 is 0 Å². The monoisotopic (exact) mass is 812 g/mol. The van der Waals surface area contributed by atoms with Gasteiger partial charge in [-0.2, -0.15) is 25.3 Å². The normalized spacial score (nSPS) is 30.6. The molecular weight excluding hydrogens is 772 g/mol. The molecule has 0 saturated carbocycles. The van der Waals surface area contributed by atoms with Crippen LogP contribution in [-0.4, -0.2) is 187 Å². The number of aliphatic carboxylic acids is 1. The molecule has 0 spiro atoms. The van der Waals surface area contributed by atoms with Crippen LogP contribution in [0.5, 0.6) is 0 Å². The first-order valence-corrected chi connectivity index (χ1v) is 18.5. The van der Waals surface area contributed by atoms with Crippen LogP contribution in [0, 0.1) is 0 Å². The number of rotatable bonds is 23. The molecule has 9 N–H and O–H groups in total. The van der Waals surface area contributed by atoms with Gasteiger partial charge in [0, 0.05) is 13.5 Å². The second-order valence-corrected chi connectivity index (χ2v) is 13.5. The average molecular weight is 813 g/mol. The molecule has 26 nitrogen and oxygen atoms in total. The van der Waals surface area contributed by atoms with E-state index in [2.05, 4.69) is 12.5 Å². The number of carbonyl (C=O) groups excluding carboxylic acids is 1.